The maximum absolute atomic E-state index is 11.4. The Morgan fingerprint density at radius 1 is 1.32 bits per heavy atom. The molecule has 0 fully saturated rings. The molecule has 0 aromatic carbocycles. The lowest BCUT2D eigenvalue weighted by molar-refractivity contribution is -0.126. The highest BCUT2D eigenvalue weighted by atomic mass is 16.5. The van der Waals surface area contributed by atoms with Crippen LogP contribution in [0.5, 0.6) is 6.01 Å². The summed E-state index contributed by atoms with van der Waals surface area (Å²) in [6, 6.07) is 0.157. The van der Waals surface area contributed by atoms with E-state index in [0.29, 0.717) is 6.61 Å². The average Bonchev–Trinajstić information content (AvgIpc) is 2.42. The van der Waals surface area contributed by atoms with E-state index < -0.39 is 0 Å². The quantitative estimate of drug-likeness (QED) is 0.445. The molecule has 9 heteroatoms. The number of ether oxygens (including phenoxy) is 1. The van der Waals surface area contributed by atoms with Crippen molar-refractivity contribution in [2.24, 2.45) is 5.84 Å². The third-order valence-electron chi connectivity index (χ3n) is 2.08. The summed E-state index contributed by atoms with van der Waals surface area (Å²) in [5.74, 6) is 5.55. The topological polar surface area (TPSA) is 118 Å². The van der Waals surface area contributed by atoms with Crippen LogP contribution in [0.15, 0.2) is 0 Å². The Kier molecular flexibility index (Phi) is 5.73. The monoisotopic (exact) mass is 269 g/mol. The van der Waals surface area contributed by atoms with E-state index >= 15 is 0 Å². The zero-order chi connectivity index (χ0) is 14.3. The lowest BCUT2D eigenvalue weighted by atomic mass is 10.5. The fourth-order valence-electron chi connectivity index (χ4n) is 1.07. The second-order valence-electron chi connectivity index (χ2n) is 3.90. The minimum absolute atomic E-state index is 0.0776. The van der Waals surface area contributed by atoms with E-state index in [1.165, 1.54) is 4.90 Å². The summed E-state index contributed by atoms with van der Waals surface area (Å²) in [4.78, 5) is 24.8. The Morgan fingerprint density at radius 3 is 2.58 bits per heavy atom. The first-order valence-electron chi connectivity index (χ1n) is 5.86. The molecular formula is C10H19N7O2. The van der Waals surface area contributed by atoms with Crippen LogP contribution in [-0.2, 0) is 4.79 Å². The number of nitrogens with zero attached hydrogens (tertiary/aromatic N) is 4. The lowest BCUT2D eigenvalue weighted by Gasteiger charge is -2.11. The summed E-state index contributed by atoms with van der Waals surface area (Å²) in [5, 5.41) is 2.79. The van der Waals surface area contributed by atoms with E-state index in [1.54, 1.807) is 14.1 Å². The summed E-state index contributed by atoms with van der Waals surface area (Å²) in [5.41, 5.74) is 2.32. The number of nitrogens with one attached hydrogen (secondary N) is 2. The van der Waals surface area contributed by atoms with E-state index in [1.807, 2.05) is 6.92 Å². The summed E-state index contributed by atoms with van der Waals surface area (Å²) >= 11 is 0. The average molecular weight is 269 g/mol. The smallest absolute Gasteiger partial charge is 0.323 e. The van der Waals surface area contributed by atoms with Gasteiger partial charge in [0.25, 0.3) is 0 Å². The molecule has 19 heavy (non-hydrogen) atoms. The largest absolute Gasteiger partial charge is 0.463 e. The van der Waals surface area contributed by atoms with Crippen molar-refractivity contribution in [1.29, 1.82) is 0 Å². The fourth-order valence-corrected chi connectivity index (χ4v) is 1.07. The lowest BCUT2D eigenvalue weighted by Crippen LogP contribution is -2.29. The number of rotatable bonds is 7. The number of aromatic nitrogens is 3. The third kappa shape index (κ3) is 4.92. The van der Waals surface area contributed by atoms with Gasteiger partial charge in [0.15, 0.2) is 0 Å². The molecule has 1 heterocycles. The van der Waals surface area contributed by atoms with Crippen LogP contribution in [-0.4, -0.2) is 53.0 Å². The summed E-state index contributed by atoms with van der Waals surface area (Å²) < 4.78 is 5.30. The van der Waals surface area contributed by atoms with E-state index in [9.17, 15) is 4.79 Å². The number of hydrogen-bond donors (Lipinski definition) is 3. The number of hydrazine groups is 1. The molecule has 1 aromatic rings. The number of anilines is 2. The van der Waals surface area contributed by atoms with E-state index in [0.717, 1.165) is 6.42 Å². The number of hydrogen-bond acceptors (Lipinski definition) is 8. The highest BCUT2D eigenvalue weighted by molar-refractivity contribution is 5.79. The van der Waals surface area contributed by atoms with Crippen LogP contribution in [0.2, 0.25) is 0 Å². The first-order chi connectivity index (χ1) is 9.06. The van der Waals surface area contributed by atoms with Crippen molar-refractivity contribution < 1.29 is 9.53 Å². The maximum atomic E-state index is 11.4. The zero-order valence-electron chi connectivity index (χ0n) is 11.3. The van der Waals surface area contributed by atoms with Gasteiger partial charge in [-0.25, -0.2) is 5.84 Å². The zero-order valence-corrected chi connectivity index (χ0v) is 11.3. The molecule has 0 saturated carbocycles. The molecule has 0 saturated heterocycles. The third-order valence-corrected chi connectivity index (χ3v) is 2.08. The minimum Gasteiger partial charge on any atom is -0.463 e. The standard InChI is InChI=1S/C10H19N7O2/c1-4-5-19-10-14-8(13-9(15-10)16-11)12-6-7(18)17(2)3/h4-6,11H2,1-3H3,(H2,12,13,14,15,16). The van der Waals surface area contributed by atoms with Crippen LogP contribution in [0.1, 0.15) is 13.3 Å². The first-order valence-corrected chi connectivity index (χ1v) is 5.86. The molecule has 0 atom stereocenters. The van der Waals surface area contributed by atoms with Crippen LogP contribution in [0, 0.1) is 0 Å². The van der Waals surface area contributed by atoms with Crippen molar-refractivity contribution in [2.75, 3.05) is 38.0 Å². The number of likely N-dealkylation sites (N-methyl/N-ethyl adjacent to an activating group) is 1. The molecule has 1 amide bonds. The number of amides is 1. The second kappa shape index (κ2) is 7.31. The molecule has 106 valence electrons. The molecule has 0 aliphatic rings. The number of carbonyl (C=O) groups is 1. The predicted molar refractivity (Wildman–Crippen MR) is 70.6 cm³/mol. The van der Waals surface area contributed by atoms with Crippen molar-refractivity contribution in [2.45, 2.75) is 13.3 Å². The normalized spacial score (nSPS) is 9.89. The van der Waals surface area contributed by atoms with Crippen molar-refractivity contribution >= 4 is 17.8 Å². The van der Waals surface area contributed by atoms with Gasteiger partial charge in [-0.2, -0.15) is 15.0 Å². The SMILES string of the molecule is CCCOc1nc(NN)nc(NCC(=O)N(C)C)n1. The Labute approximate surface area is 111 Å². The van der Waals surface area contributed by atoms with Gasteiger partial charge >= 0.3 is 6.01 Å². The van der Waals surface area contributed by atoms with Crippen LogP contribution in [0.25, 0.3) is 0 Å². The van der Waals surface area contributed by atoms with Gasteiger partial charge < -0.3 is 15.0 Å². The molecule has 4 N–H and O–H groups in total. The molecule has 0 bridgehead atoms. The molecule has 0 unspecified atom stereocenters. The molecule has 0 aliphatic heterocycles. The van der Waals surface area contributed by atoms with Gasteiger partial charge in [-0.3, -0.25) is 10.2 Å². The molecular weight excluding hydrogens is 250 g/mol. The van der Waals surface area contributed by atoms with Gasteiger partial charge in [-0.15, -0.1) is 0 Å². The highest BCUT2D eigenvalue weighted by Gasteiger charge is 2.09. The minimum atomic E-state index is -0.0984. The van der Waals surface area contributed by atoms with Crippen molar-refractivity contribution in [1.82, 2.24) is 19.9 Å². The van der Waals surface area contributed by atoms with Gasteiger partial charge in [0.05, 0.1) is 13.2 Å². The summed E-state index contributed by atoms with van der Waals surface area (Å²) in [6.07, 6.45) is 0.832. The molecule has 9 nitrogen and oxygen atoms in total. The Morgan fingerprint density at radius 2 is 2.00 bits per heavy atom. The fraction of sp³-hybridized carbons (Fsp3) is 0.600. The van der Waals surface area contributed by atoms with Crippen molar-refractivity contribution in [3.63, 3.8) is 0 Å². The number of carbonyl (C=O) groups excluding carboxylic acids is 1. The molecule has 0 aliphatic carbocycles. The van der Waals surface area contributed by atoms with Crippen molar-refractivity contribution in [3.8, 4) is 6.01 Å². The van der Waals surface area contributed by atoms with Crippen LogP contribution < -0.4 is 21.3 Å². The molecule has 0 radical (unpaired) electrons. The van der Waals surface area contributed by atoms with Gasteiger partial charge in [0.2, 0.25) is 17.8 Å². The predicted octanol–water partition coefficient (Wildman–Crippen LogP) is -0.554. The van der Waals surface area contributed by atoms with E-state index in [4.69, 9.17) is 10.6 Å². The highest BCUT2D eigenvalue weighted by Crippen LogP contribution is 2.10. The number of nitrogen functional groups attached to an aromatic ring is 1. The molecule has 1 aromatic heterocycles. The van der Waals surface area contributed by atoms with Gasteiger partial charge in [-0.05, 0) is 6.42 Å². The van der Waals surface area contributed by atoms with E-state index in [-0.39, 0.29) is 30.4 Å². The van der Waals surface area contributed by atoms with Crippen LogP contribution in [0.4, 0.5) is 11.9 Å². The summed E-state index contributed by atoms with van der Waals surface area (Å²) in [7, 11) is 3.33. The van der Waals surface area contributed by atoms with Crippen LogP contribution >= 0.6 is 0 Å². The van der Waals surface area contributed by atoms with Gasteiger partial charge in [0.1, 0.15) is 0 Å². The van der Waals surface area contributed by atoms with E-state index in [2.05, 4.69) is 25.7 Å². The Balaban J connectivity index is 2.73. The Bertz CT molecular complexity index is 424. The van der Waals surface area contributed by atoms with Gasteiger partial charge in [-0.1, -0.05) is 6.92 Å². The van der Waals surface area contributed by atoms with Crippen molar-refractivity contribution in [3.05, 3.63) is 0 Å². The maximum Gasteiger partial charge on any atom is 0.323 e. The molecule has 1 rings (SSSR count). The second-order valence-corrected chi connectivity index (χ2v) is 3.90. The van der Waals surface area contributed by atoms with Gasteiger partial charge in [0, 0.05) is 14.1 Å². The summed E-state index contributed by atoms with van der Waals surface area (Å²) in [6.45, 7) is 2.54. The Hall–Kier alpha value is -2.16. The number of nitrogens with two attached hydrogens (primary N) is 1. The molecule has 0 spiro atoms. The first kappa shape index (κ1) is 14.9. The van der Waals surface area contributed by atoms with Crippen LogP contribution in [0.3, 0.4) is 0 Å².